The average molecular weight is 313 g/mol. The normalized spacial score (nSPS) is 24.5. The van der Waals surface area contributed by atoms with E-state index in [1.54, 1.807) is 13.0 Å². The van der Waals surface area contributed by atoms with Crippen LogP contribution in [0.25, 0.3) is 0 Å². The molecule has 5 nitrogen and oxygen atoms in total. The van der Waals surface area contributed by atoms with Crippen LogP contribution in [0.15, 0.2) is 6.07 Å². The highest BCUT2D eigenvalue weighted by molar-refractivity contribution is 5.92. The van der Waals surface area contributed by atoms with Gasteiger partial charge in [0.25, 0.3) is 11.8 Å². The van der Waals surface area contributed by atoms with Gasteiger partial charge in [0.2, 0.25) is 0 Å². The van der Waals surface area contributed by atoms with E-state index in [2.05, 4.69) is 10.2 Å². The fourth-order valence-corrected chi connectivity index (χ4v) is 2.69. The molecule has 0 radical (unpaired) electrons. The number of rotatable bonds is 5. The van der Waals surface area contributed by atoms with E-state index < -0.39 is 11.8 Å². The van der Waals surface area contributed by atoms with Crippen molar-refractivity contribution in [2.45, 2.75) is 32.1 Å². The third-order valence-corrected chi connectivity index (χ3v) is 4.33. The number of ether oxygens (including phenoxy) is 1. The molecule has 2 heterocycles. The van der Waals surface area contributed by atoms with Gasteiger partial charge in [-0.25, -0.2) is 8.78 Å². The third kappa shape index (κ3) is 3.45. The first-order valence-electron chi connectivity index (χ1n) is 7.72. The summed E-state index contributed by atoms with van der Waals surface area (Å²) >= 11 is 0. The van der Waals surface area contributed by atoms with Crippen LogP contribution >= 0.6 is 0 Å². The summed E-state index contributed by atoms with van der Waals surface area (Å²) in [7, 11) is 0. The number of aromatic amines is 1. The summed E-state index contributed by atoms with van der Waals surface area (Å²) in [6, 6.07) is 1.63. The second kappa shape index (κ2) is 5.95. The standard InChI is InChI=1S/C15H21F2N3O2/c1-10-6-13(19-18-10)14(21)20-5-4-15(16,17)12(7-20)9-22-8-11-2-3-11/h6,11-12H,2-5,7-9H2,1H3,(H,18,19). The number of likely N-dealkylation sites (tertiary alicyclic amines) is 1. The first kappa shape index (κ1) is 15.4. The maximum atomic E-state index is 14.0. The zero-order valence-corrected chi connectivity index (χ0v) is 12.6. The van der Waals surface area contributed by atoms with Gasteiger partial charge in [-0.3, -0.25) is 9.89 Å². The Hall–Kier alpha value is -1.50. The summed E-state index contributed by atoms with van der Waals surface area (Å²) in [6.07, 6.45) is 1.94. The number of amides is 1. The van der Waals surface area contributed by atoms with E-state index in [-0.39, 0.29) is 37.7 Å². The SMILES string of the molecule is Cc1cc(C(=O)N2CCC(F)(F)C(COCC3CC3)C2)n[nH]1. The Labute approximate surface area is 128 Å². The van der Waals surface area contributed by atoms with Crippen molar-refractivity contribution in [3.05, 3.63) is 17.5 Å². The first-order chi connectivity index (χ1) is 10.5. The lowest BCUT2D eigenvalue weighted by Crippen LogP contribution is -2.51. The largest absolute Gasteiger partial charge is 0.381 e. The molecule has 2 fully saturated rings. The number of piperidine rings is 1. The number of nitrogens with one attached hydrogen (secondary N) is 1. The molecule has 0 aromatic carbocycles. The van der Waals surface area contributed by atoms with Gasteiger partial charge in [0.05, 0.1) is 12.5 Å². The molecule has 1 aromatic rings. The number of hydrogen-bond acceptors (Lipinski definition) is 3. The Bertz CT molecular complexity index is 543. The topological polar surface area (TPSA) is 58.2 Å². The predicted molar refractivity (Wildman–Crippen MR) is 75.8 cm³/mol. The molecule has 7 heteroatoms. The first-order valence-corrected chi connectivity index (χ1v) is 7.72. The molecule has 1 saturated heterocycles. The molecule has 1 aliphatic carbocycles. The number of halogens is 2. The molecule has 0 bridgehead atoms. The highest BCUT2D eigenvalue weighted by atomic mass is 19.3. The number of hydrogen-bond donors (Lipinski definition) is 1. The van der Waals surface area contributed by atoms with E-state index in [0.29, 0.717) is 12.5 Å². The van der Waals surface area contributed by atoms with Gasteiger partial charge in [-0.05, 0) is 31.7 Å². The van der Waals surface area contributed by atoms with E-state index in [1.807, 2.05) is 0 Å². The van der Waals surface area contributed by atoms with Crippen molar-refractivity contribution in [3.63, 3.8) is 0 Å². The van der Waals surface area contributed by atoms with Crippen LogP contribution < -0.4 is 0 Å². The molecular weight excluding hydrogens is 292 g/mol. The molecule has 0 spiro atoms. The fourth-order valence-electron chi connectivity index (χ4n) is 2.69. The number of aryl methyl sites for hydroxylation is 1. The van der Waals surface area contributed by atoms with Crippen molar-refractivity contribution in [1.29, 1.82) is 0 Å². The number of H-pyrrole nitrogens is 1. The summed E-state index contributed by atoms with van der Waals surface area (Å²) in [6.45, 7) is 2.42. The van der Waals surface area contributed by atoms with Crippen molar-refractivity contribution in [2.75, 3.05) is 26.3 Å². The van der Waals surface area contributed by atoms with Crippen LogP contribution in [0, 0.1) is 18.8 Å². The highest BCUT2D eigenvalue weighted by Gasteiger charge is 2.45. The Morgan fingerprint density at radius 1 is 1.50 bits per heavy atom. The number of carbonyl (C=O) groups excluding carboxylic acids is 1. The van der Waals surface area contributed by atoms with Crippen LogP contribution in [0.2, 0.25) is 0 Å². The van der Waals surface area contributed by atoms with Crippen molar-refractivity contribution < 1.29 is 18.3 Å². The molecule has 1 N–H and O–H groups in total. The average Bonchev–Trinajstić information content (AvgIpc) is 3.19. The lowest BCUT2D eigenvalue weighted by Gasteiger charge is -2.38. The quantitative estimate of drug-likeness (QED) is 0.907. The van der Waals surface area contributed by atoms with Crippen LogP contribution in [0.1, 0.15) is 35.4 Å². The van der Waals surface area contributed by atoms with Crippen molar-refractivity contribution in [2.24, 2.45) is 11.8 Å². The van der Waals surface area contributed by atoms with Crippen molar-refractivity contribution in [3.8, 4) is 0 Å². The summed E-state index contributed by atoms with van der Waals surface area (Å²) in [5.41, 5.74) is 1.05. The van der Waals surface area contributed by atoms with Crippen LogP contribution in [-0.4, -0.2) is 53.2 Å². The van der Waals surface area contributed by atoms with E-state index in [9.17, 15) is 13.6 Å². The molecule has 1 atom stereocenters. The molecule has 1 unspecified atom stereocenters. The Kier molecular flexibility index (Phi) is 4.16. The molecular formula is C15H21F2N3O2. The van der Waals surface area contributed by atoms with Gasteiger partial charge in [0.1, 0.15) is 5.69 Å². The summed E-state index contributed by atoms with van der Waals surface area (Å²) in [5, 5.41) is 6.61. The Balaban J connectivity index is 1.60. The number of aromatic nitrogens is 2. The van der Waals surface area contributed by atoms with E-state index >= 15 is 0 Å². The Morgan fingerprint density at radius 3 is 2.91 bits per heavy atom. The highest BCUT2D eigenvalue weighted by Crippen LogP contribution is 2.35. The smallest absolute Gasteiger partial charge is 0.274 e. The van der Waals surface area contributed by atoms with Crippen LogP contribution in [-0.2, 0) is 4.74 Å². The van der Waals surface area contributed by atoms with Gasteiger partial charge in [-0.15, -0.1) is 0 Å². The molecule has 22 heavy (non-hydrogen) atoms. The minimum Gasteiger partial charge on any atom is -0.381 e. The zero-order chi connectivity index (χ0) is 15.7. The number of nitrogens with zero attached hydrogens (tertiary/aromatic N) is 2. The molecule has 1 saturated carbocycles. The van der Waals surface area contributed by atoms with Crippen molar-refractivity contribution >= 4 is 5.91 Å². The molecule has 3 rings (SSSR count). The fraction of sp³-hybridized carbons (Fsp3) is 0.733. The third-order valence-electron chi connectivity index (χ3n) is 4.33. The summed E-state index contributed by atoms with van der Waals surface area (Å²) in [4.78, 5) is 13.8. The van der Waals surface area contributed by atoms with Crippen LogP contribution in [0.3, 0.4) is 0 Å². The van der Waals surface area contributed by atoms with Gasteiger partial charge >= 0.3 is 0 Å². The molecule has 122 valence electrons. The van der Waals surface area contributed by atoms with E-state index in [1.165, 1.54) is 4.90 Å². The molecule has 2 aliphatic rings. The monoisotopic (exact) mass is 313 g/mol. The molecule has 1 aliphatic heterocycles. The molecule has 1 aromatic heterocycles. The van der Waals surface area contributed by atoms with Crippen LogP contribution in [0.5, 0.6) is 0 Å². The second-order valence-electron chi connectivity index (χ2n) is 6.38. The van der Waals surface area contributed by atoms with Crippen LogP contribution in [0.4, 0.5) is 8.78 Å². The summed E-state index contributed by atoms with van der Waals surface area (Å²) < 4.78 is 33.5. The van der Waals surface area contributed by atoms with Gasteiger partial charge in [-0.2, -0.15) is 5.10 Å². The van der Waals surface area contributed by atoms with Gasteiger partial charge in [0.15, 0.2) is 0 Å². The Morgan fingerprint density at radius 2 is 2.27 bits per heavy atom. The van der Waals surface area contributed by atoms with Gasteiger partial charge < -0.3 is 9.64 Å². The zero-order valence-electron chi connectivity index (χ0n) is 12.6. The second-order valence-corrected chi connectivity index (χ2v) is 6.38. The maximum Gasteiger partial charge on any atom is 0.274 e. The van der Waals surface area contributed by atoms with Gasteiger partial charge in [0, 0.05) is 31.8 Å². The van der Waals surface area contributed by atoms with E-state index in [4.69, 9.17) is 4.74 Å². The van der Waals surface area contributed by atoms with Gasteiger partial charge in [-0.1, -0.05) is 0 Å². The summed E-state index contributed by atoms with van der Waals surface area (Å²) in [5.74, 6) is -3.47. The minimum atomic E-state index is -2.78. The number of carbonyl (C=O) groups is 1. The molecule has 1 amide bonds. The predicted octanol–water partition coefficient (Wildman–Crippen LogP) is 2.24. The van der Waals surface area contributed by atoms with Crippen molar-refractivity contribution in [1.82, 2.24) is 15.1 Å². The number of alkyl halides is 2. The minimum absolute atomic E-state index is 0.00682. The van der Waals surface area contributed by atoms with E-state index in [0.717, 1.165) is 18.5 Å². The lowest BCUT2D eigenvalue weighted by molar-refractivity contribution is -0.122. The maximum absolute atomic E-state index is 14.0. The lowest BCUT2D eigenvalue weighted by atomic mass is 9.94.